The summed E-state index contributed by atoms with van der Waals surface area (Å²) < 4.78 is 34.3. The van der Waals surface area contributed by atoms with E-state index in [0.717, 1.165) is 18.5 Å². The average molecular weight is 461 g/mol. The molecule has 2 atom stereocenters. The number of nitrogens with zero attached hydrogens (tertiary/aromatic N) is 5. The molecule has 1 N–H and O–H groups in total. The Labute approximate surface area is 187 Å². The predicted molar refractivity (Wildman–Crippen MR) is 113 cm³/mol. The fraction of sp³-hybridized carbons (Fsp3) is 0.333. The standard InChI is InChI=1S/C21H19ClF2N6O2/c1-12(23)16-10-32-20(31)30(16)18-2-5-25-19(27-18)28-21(3-4-21)17-9-29(11-26-17)15-7-13(22)6-14(24)8-15/h2,5-9,11-12,16H,3-4,10H2,1H3,(H,25,27,28)/t12-,16+/m0/s1. The maximum absolute atomic E-state index is 13.9. The Hall–Kier alpha value is -3.27. The van der Waals surface area contributed by atoms with Crippen molar-refractivity contribution < 1.29 is 18.3 Å². The van der Waals surface area contributed by atoms with Gasteiger partial charge in [0.1, 0.15) is 30.5 Å². The zero-order valence-electron chi connectivity index (χ0n) is 17.0. The highest BCUT2D eigenvalue weighted by Gasteiger charge is 2.47. The summed E-state index contributed by atoms with van der Waals surface area (Å²) in [6, 6.07) is 5.05. The Morgan fingerprint density at radius 3 is 2.84 bits per heavy atom. The van der Waals surface area contributed by atoms with Crippen LogP contribution in [0.25, 0.3) is 5.69 Å². The van der Waals surface area contributed by atoms with Gasteiger partial charge in [0.25, 0.3) is 0 Å². The minimum Gasteiger partial charge on any atom is -0.447 e. The Morgan fingerprint density at radius 2 is 2.12 bits per heavy atom. The van der Waals surface area contributed by atoms with Gasteiger partial charge >= 0.3 is 6.09 Å². The smallest absolute Gasteiger partial charge is 0.416 e. The lowest BCUT2D eigenvalue weighted by molar-refractivity contribution is 0.174. The molecule has 166 valence electrons. The summed E-state index contributed by atoms with van der Waals surface area (Å²) in [6.07, 6.45) is 4.55. The van der Waals surface area contributed by atoms with Crippen LogP contribution in [0.4, 0.5) is 25.3 Å². The predicted octanol–water partition coefficient (Wildman–Crippen LogP) is 4.24. The Kier molecular flexibility index (Phi) is 4.96. The van der Waals surface area contributed by atoms with Gasteiger partial charge in [-0.25, -0.2) is 23.5 Å². The van der Waals surface area contributed by atoms with E-state index in [9.17, 15) is 13.6 Å². The largest absolute Gasteiger partial charge is 0.447 e. The lowest BCUT2D eigenvalue weighted by Crippen LogP contribution is -2.39. The number of alkyl halides is 1. The third-order valence-electron chi connectivity index (χ3n) is 5.64. The van der Waals surface area contributed by atoms with Crippen LogP contribution in [0.5, 0.6) is 0 Å². The molecule has 0 unspecified atom stereocenters. The lowest BCUT2D eigenvalue weighted by atomic mass is 10.2. The van der Waals surface area contributed by atoms with E-state index in [-0.39, 0.29) is 18.4 Å². The Balaban J connectivity index is 1.39. The van der Waals surface area contributed by atoms with Gasteiger partial charge in [0.2, 0.25) is 5.95 Å². The molecule has 0 bridgehead atoms. The number of aromatic nitrogens is 4. The van der Waals surface area contributed by atoms with Crippen molar-refractivity contribution in [2.45, 2.75) is 37.5 Å². The number of carbonyl (C=O) groups is 1. The van der Waals surface area contributed by atoms with Crippen molar-refractivity contribution in [3.8, 4) is 5.69 Å². The van der Waals surface area contributed by atoms with E-state index < -0.39 is 29.7 Å². The first kappa shape index (κ1) is 20.6. The van der Waals surface area contributed by atoms with Crippen LogP contribution in [0.3, 0.4) is 0 Å². The first-order valence-corrected chi connectivity index (χ1v) is 10.4. The molecule has 2 aromatic heterocycles. The number of hydrogen-bond acceptors (Lipinski definition) is 6. The SMILES string of the molecule is C[C@H](F)[C@H]1COC(=O)N1c1ccnc(NC2(c3cn(-c4cc(F)cc(Cl)c4)cn3)CC2)n1. The summed E-state index contributed by atoms with van der Waals surface area (Å²) in [4.78, 5) is 26.5. The van der Waals surface area contributed by atoms with Crippen molar-refractivity contribution in [3.05, 3.63) is 59.5 Å². The molecule has 2 aliphatic rings. The molecular weight excluding hydrogens is 442 g/mol. The van der Waals surface area contributed by atoms with Gasteiger partial charge in [-0.3, -0.25) is 4.90 Å². The second kappa shape index (κ2) is 7.70. The number of carbonyl (C=O) groups excluding carboxylic acids is 1. The van der Waals surface area contributed by atoms with E-state index in [4.69, 9.17) is 16.3 Å². The number of ether oxygens (including phenoxy) is 1. The van der Waals surface area contributed by atoms with Crippen LogP contribution in [0.1, 0.15) is 25.5 Å². The molecule has 0 spiro atoms. The van der Waals surface area contributed by atoms with Crippen molar-refractivity contribution in [2.24, 2.45) is 0 Å². The maximum atomic E-state index is 13.9. The molecule has 3 heterocycles. The van der Waals surface area contributed by atoms with Crippen LogP contribution >= 0.6 is 11.6 Å². The van der Waals surface area contributed by atoms with Crippen LogP contribution in [0.15, 0.2) is 43.0 Å². The van der Waals surface area contributed by atoms with Crippen LogP contribution < -0.4 is 10.2 Å². The van der Waals surface area contributed by atoms with Crippen molar-refractivity contribution in [2.75, 3.05) is 16.8 Å². The molecule has 5 rings (SSSR count). The molecule has 3 aromatic rings. The number of rotatable bonds is 6. The Bertz CT molecular complexity index is 1160. The molecule has 1 aliphatic carbocycles. The Morgan fingerprint density at radius 1 is 1.31 bits per heavy atom. The second-order valence-electron chi connectivity index (χ2n) is 7.93. The van der Waals surface area contributed by atoms with Gasteiger partial charge in [-0.05, 0) is 44.0 Å². The van der Waals surface area contributed by atoms with Crippen molar-refractivity contribution >= 4 is 29.5 Å². The van der Waals surface area contributed by atoms with E-state index >= 15 is 0 Å². The van der Waals surface area contributed by atoms with Crippen molar-refractivity contribution in [3.63, 3.8) is 0 Å². The molecular formula is C21H19ClF2N6O2. The molecule has 1 saturated carbocycles. The number of amides is 1. The molecule has 1 amide bonds. The van der Waals surface area contributed by atoms with Crippen molar-refractivity contribution in [1.29, 1.82) is 0 Å². The first-order chi connectivity index (χ1) is 15.3. The fourth-order valence-corrected chi connectivity index (χ4v) is 3.98. The third kappa shape index (κ3) is 3.75. The monoisotopic (exact) mass is 460 g/mol. The summed E-state index contributed by atoms with van der Waals surface area (Å²) in [5.41, 5.74) is 0.809. The van der Waals surface area contributed by atoms with E-state index in [1.807, 2.05) is 0 Å². The van der Waals surface area contributed by atoms with Gasteiger partial charge in [0, 0.05) is 17.4 Å². The van der Waals surface area contributed by atoms with Crippen LogP contribution in [0.2, 0.25) is 5.02 Å². The van der Waals surface area contributed by atoms with Gasteiger partial charge in [-0.2, -0.15) is 4.98 Å². The first-order valence-electron chi connectivity index (χ1n) is 10.1. The summed E-state index contributed by atoms with van der Waals surface area (Å²) in [6.45, 7) is 1.34. The molecule has 1 aliphatic heterocycles. The number of hydrogen-bond donors (Lipinski definition) is 1. The van der Waals surface area contributed by atoms with Crippen LogP contribution in [-0.2, 0) is 10.3 Å². The highest BCUT2D eigenvalue weighted by molar-refractivity contribution is 6.30. The second-order valence-corrected chi connectivity index (χ2v) is 8.37. The molecule has 32 heavy (non-hydrogen) atoms. The zero-order chi connectivity index (χ0) is 22.5. The van der Waals surface area contributed by atoms with Crippen molar-refractivity contribution in [1.82, 2.24) is 19.5 Å². The zero-order valence-corrected chi connectivity index (χ0v) is 17.8. The van der Waals surface area contributed by atoms with Gasteiger partial charge in [-0.15, -0.1) is 0 Å². The number of cyclic esters (lactones) is 1. The fourth-order valence-electron chi connectivity index (χ4n) is 3.76. The van der Waals surface area contributed by atoms with E-state index in [0.29, 0.717) is 10.7 Å². The van der Waals surface area contributed by atoms with Crippen LogP contribution in [-0.4, -0.2) is 44.4 Å². The number of benzene rings is 1. The molecule has 8 nitrogen and oxygen atoms in total. The number of halogens is 3. The maximum Gasteiger partial charge on any atom is 0.416 e. The number of nitrogens with one attached hydrogen (secondary N) is 1. The highest BCUT2D eigenvalue weighted by atomic mass is 35.5. The molecule has 1 saturated heterocycles. The van der Waals surface area contributed by atoms with Gasteiger partial charge < -0.3 is 14.6 Å². The van der Waals surface area contributed by atoms with E-state index in [1.165, 1.54) is 36.2 Å². The minimum atomic E-state index is -1.28. The quantitative estimate of drug-likeness (QED) is 0.592. The normalized spacial score (nSPS) is 20.2. The number of anilines is 2. The summed E-state index contributed by atoms with van der Waals surface area (Å²) in [7, 11) is 0. The molecule has 0 radical (unpaired) electrons. The van der Waals surface area contributed by atoms with Gasteiger partial charge in [0.15, 0.2) is 0 Å². The van der Waals surface area contributed by atoms with E-state index in [2.05, 4.69) is 20.3 Å². The molecule has 2 fully saturated rings. The lowest BCUT2D eigenvalue weighted by Gasteiger charge is -2.22. The molecule has 11 heteroatoms. The average Bonchev–Trinajstić information content (AvgIpc) is 3.18. The third-order valence-corrected chi connectivity index (χ3v) is 5.86. The topological polar surface area (TPSA) is 85.2 Å². The summed E-state index contributed by atoms with van der Waals surface area (Å²) in [5.74, 6) is 0.108. The summed E-state index contributed by atoms with van der Waals surface area (Å²) in [5, 5.41) is 3.58. The minimum absolute atomic E-state index is 0.0330. The van der Waals surface area contributed by atoms with Crippen LogP contribution in [0, 0.1) is 5.82 Å². The van der Waals surface area contributed by atoms with E-state index in [1.54, 1.807) is 23.2 Å². The highest BCUT2D eigenvalue weighted by Crippen LogP contribution is 2.47. The summed E-state index contributed by atoms with van der Waals surface area (Å²) >= 11 is 5.96. The van der Waals surface area contributed by atoms with Gasteiger partial charge in [0.05, 0.1) is 23.2 Å². The van der Waals surface area contributed by atoms with Gasteiger partial charge in [-0.1, -0.05) is 11.6 Å². The molecule has 1 aromatic carbocycles. The number of imidazole rings is 1.